The number of hydrogen-bond donors (Lipinski definition) is 1. The molecule has 2 fully saturated rings. The van der Waals surface area contributed by atoms with Crippen LogP contribution in [0.1, 0.15) is 32.6 Å². The highest BCUT2D eigenvalue weighted by molar-refractivity contribution is 8.00. The van der Waals surface area contributed by atoms with Crippen molar-refractivity contribution in [1.82, 2.24) is 4.90 Å². The fraction of sp³-hybridized carbons (Fsp3) is 0.917. The van der Waals surface area contributed by atoms with Gasteiger partial charge in [0, 0.05) is 30.6 Å². The van der Waals surface area contributed by atoms with Gasteiger partial charge in [0.2, 0.25) is 5.91 Å². The Bertz CT molecular complexity index is 260. The lowest BCUT2D eigenvalue weighted by Gasteiger charge is -2.44. The summed E-state index contributed by atoms with van der Waals surface area (Å²) >= 11 is 2.00. The number of amides is 1. The van der Waals surface area contributed by atoms with Crippen LogP contribution in [0.25, 0.3) is 0 Å². The topological polar surface area (TPSA) is 46.3 Å². The second-order valence-electron chi connectivity index (χ2n) is 4.99. The molecule has 92 valence electrons. The zero-order chi connectivity index (χ0) is 11.6. The van der Waals surface area contributed by atoms with E-state index in [9.17, 15) is 4.79 Å². The average Bonchev–Trinajstić information content (AvgIpc) is 2.28. The van der Waals surface area contributed by atoms with Gasteiger partial charge in [-0.3, -0.25) is 4.79 Å². The lowest BCUT2D eigenvalue weighted by molar-refractivity contribution is -0.146. The van der Waals surface area contributed by atoms with Crippen molar-refractivity contribution in [2.75, 3.05) is 25.4 Å². The first-order chi connectivity index (χ1) is 7.72. The van der Waals surface area contributed by atoms with Crippen LogP contribution < -0.4 is 5.73 Å². The van der Waals surface area contributed by atoms with Crippen molar-refractivity contribution in [2.24, 2.45) is 11.1 Å². The third-order valence-corrected chi connectivity index (χ3v) is 5.41. The summed E-state index contributed by atoms with van der Waals surface area (Å²) in [6, 6.07) is 0. The van der Waals surface area contributed by atoms with Crippen LogP contribution in [0.5, 0.6) is 0 Å². The number of thioether (sulfide) groups is 1. The van der Waals surface area contributed by atoms with Crippen molar-refractivity contribution >= 4 is 17.7 Å². The van der Waals surface area contributed by atoms with Gasteiger partial charge in [0.1, 0.15) is 0 Å². The molecule has 1 saturated carbocycles. The molecule has 0 spiro atoms. The molecule has 4 heteroatoms. The molecular weight excluding hydrogens is 220 g/mol. The molecule has 2 rings (SSSR count). The molecule has 3 nitrogen and oxygen atoms in total. The molecule has 0 aromatic carbocycles. The highest BCUT2D eigenvalue weighted by Crippen LogP contribution is 2.42. The SMILES string of the molecule is CCC1CN(C(=O)C2(CN)CCC2)CCS1. The van der Waals surface area contributed by atoms with Gasteiger partial charge in [-0.15, -0.1) is 0 Å². The molecule has 1 aliphatic heterocycles. The number of carbonyl (C=O) groups excluding carboxylic acids is 1. The van der Waals surface area contributed by atoms with E-state index in [0.29, 0.717) is 17.7 Å². The van der Waals surface area contributed by atoms with Crippen molar-refractivity contribution in [3.05, 3.63) is 0 Å². The highest BCUT2D eigenvalue weighted by Gasteiger charge is 2.45. The Morgan fingerprint density at radius 2 is 2.31 bits per heavy atom. The van der Waals surface area contributed by atoms with Crippen molar-refractivity contribution in [2.45, 2.75) is 37.9 Å². The minimum atomic E-state index is -0.180. The largest absolute Gasteiger partial charge is 0.340 e. The maximum atomic E-state index is 12.4. The van der Waals surface area contributed by atoms with Crippen LogP contribution in [0.2, 0.25) is 0 Å². The van der Waals surface area contributed by atoms with Gasteiger partial charge in [-0.25, -0.2) is 0 Å². The molecular formula is C12H22N2OS. The second-order valence-corrected chi connectivity index (χ2v) is 6.40. The van der Waals surface area contributed by atoms with E-state index in [-0.39, 0.29) is 5.41 Å². The van der Waals surface area contributed by atoms with Crippen LogP contribution >= 0.6 is 11.8 Å². The molecule has 0 aromatic heterocycles. The Kier molecular flexibility index (Phi) is 3.80. The molecule has 1 unspecified atom stereocenters. The Morgan fingerprint density at radius 1 is 1.56 bits per heavy atom. The summed E-state index contributed by atoms with van der Waals surface area (Å²) in [6.45, 7) is 4.59. The van der Waals surface area contributed by atoms with E-state index in [0.717, 1.165) is 38.1 Å². The molecule has 2 aliphatic rings. The fourth-order valence-corrected chi connectivity index (χ4v) is 3.78. The summed E-state index contributed by atoms with van der Waals surface area (Å²) < 4.78 is 0. The lowest BCUT2D eigenvalue weighted by atomic mass is 9.68. The van der Waals surface area contributed by atoms with Crippen LogP contribution in [-0.4, -0.2) is 41.4 Å². The maximum Gasteiger partial charge on any atom is 0.230 e. The van der Waals surface area contributed by atoms with E-state index in [4.69, 9.17) is 5.73 Å². The van der Waals surface area contributed by atoms with Gasteiger partial charge in [-0.05, 0) is 19.3 Å². The molecule has 1 saturated heterocycles. The summed E-state index contributed by atoms with van der Waals surface area (Å²) in [7, 11) is 0. The summed E-state index contributed by atoms with van der Waals surface area (Å²) in [4.78, 5) is 14.5. The predicted molar refractivity (Wildman–Crippen MR) is 68.5 cm³/mol. The molecule has 1 heterocycles. The summed E-state index contributed by atoms with van der Waals surface area (Å²) in [5, 5.41) is 0.632. The van der Waals surface area contributed by atoms with Crippen molar-refractivity contribution in [3.8, 4) is 0 Å². The number of nitrogens with zero attached hydrogens (tertiary/aromatic N) is 1. The first kappa shape index (κ1) is 12.2. The van der Waals surface area contributed by atoms with E-state index in [1.165, 1.54) is 6.42 Å². The van der Waals surface area contributed by atoms with Crippen LogP contribution in [0.15, 0.2) is 0 Å². The molecule has 1 aliphatic carbocycles. The standard InChI is InChI=1S/C12H22N2OS/c1-2-10-8-14(6-7-16-10)11(15)12(9-13)4-3-5-12/h10H,2-9,13H2,1H3. The zero-order valence-corrected chi connectivity index (χ0v) is 10.9. The second kappa shape index (κ2) is 4.96. The van der Waals surface area contributed by atoms with E-state index < -0.39 is 0 Å². The van der Waals surface area contributed by atoms with Gasteiger partial charge in [-0.1, -0.05) is 13.3 Å². The summed E-state index contributed by atoms with van der Waals surface area (Å²) in [6.07, 6.45) is 4.33. The number of hydrogen-bond acceptors (Lipinski definition) is 3. The minimum Gasteiger partial charge on any atom is -0.340 e. The molecule has 0 radical (unpaired) electrons. The van der Waals surface area contributed by atoms with Crippen LogP contribution in [0, 0.1) is 5.41 Å². The quantitative estimate of drug-likeness (QED) is 0.815. The van der Waals surface area contributed by atoms with E-state index in [1.54, 1.807) is 0 Å². The van der Waals surface area contributed by atoms with Crippen molar-refractivity contribution < 1.29 is 4.79 Å². The zero-order valence-electron chi connectivity index (χ0n) is 10.1. The Hall–Kier alpha value is -0.220. The summed E-state index contributed by atoms with van der Waals surface area (Å²) in [5.41, 5.74) is 5.61. The number of rotatable bonds is 3. The van der Waals surface area contributed by atoms with Gasteiger partial charge < -0.3 is 10.6 Å². The van der Waals surface area contributed by atoms with E-state index in [1.807, 2.05) is 11.8 Å². The third-order valence-electron chi connectivity index (χ3n) is 4.04. The average molecular weight is 242 g/mol. The Labute approximate surface area is 102 Å². The predicted octanol–water partition coefficient (Wildman–Crippen LogP) is 1.47. The van der Waals surface area contributed by atoms with E-state index in [2.05, 4.69) is 11.8 Å². The lowest BCUT2D eigenvalue weighted by Crippen LogP contribution is -2.54. The maximum absolute atomic E-state index is 12.4. The Morgan fingerprint density at radius 3 is 2.81 bits per heavy atom. The van der Waals surface area contributed by atoms with Gasteiger partial charge in [0.25, 0.3) is 0 Å². The number of carbonyl (C=O) groups is 1. The van der Waals surface area contributed by atoms with E-state index >= 15 is 0 Å². The van der Waals surface area contributed by atoms with Crippen molar-refractivity contribution in [1.29, 1.82) is 0 Å². The molecule has 2 N–H and O–H groups in total. The molecule has 0 aromatic rings. The minimum absolute atomic E-state index is 0.180. The Balaban J connectivity index is 1.98. The van der Waals surface area contributed by atoms with Gasteiger partial charge in [0.05, 0.1) is 5.41 Å². The van der Waals surface area contributed by atoms with Crippen LogP contribution in [0.3, 0.4) is 0 Å². The number of nitrogens with two attached hydrogens (primary N) is 1. The van der Waals surface area contributed by atoms with Crippen LogP contribution in [0.4, 0.5) is 0 Å². The molecule has 16 heavy (non-hydrogen) atoms. The summed E-state index contributed by atoms with van der Waals surface area (Å²) in [5.74, 6) is 1.42. The van der Waals surface area contributed by atoms with Gasteiger partial charge in [0.15, 0.2) is 0 Å². The highest BCUT2D eigenvalue weighted by atomic mass is 32.2. The van der Waals surface area contributed by atoms with Crippen molar-refractivity contribution in [3.63, 3.8) is 0 Å². The first-order valence-electron chi connectivity index (χ1n) is 6.33. The van der Waals surface area contributed by atoms with Gasteiger partial charge >= 0.3 is 0 Å². The van der Waals surface area contributed by atoms with Crippen LogP contribution in [-0.2, 0) is 4.79 Å². The van der Waals surface area contributed by atoms with Gasteiger partial charge in [-0.2, -0.15) is 11.8 Å². The molecule has 1 atom stereocenters. The molecule has 1 amide bonds. The fourth-order valence-electron chi connectivity index (χ4n) is 2.60. The first-order valence-corrected chi connectivity index (χ1v) is 7.38. The smallest absolute Gasteiger partial charge is 0.230 e. The normalized spacial score (nSPS) is 28.6. The monoisotopic (exact) mass is 242 g/mol. The molecule has 0 bridgehead atoms. The third kappa shape index (κ3) is 2.09.